The van der Waals surface area contributed by atoms with E-state index in [0.29, 0.717) is 24.3 Å². The monoisotopic (exact) mass is 270 g/mol. The smallest absolute Gasteiger partial charge is 0.243 e. The maximum Gasteiger partial charge on any atom is 0.243 e. The van der Waals surface area contributed by atoms with Gasteiger partial charge in [0, 0.05) is 22.8 Å². The van der Waals surface area contributed by atoms with Crippen LogP contribution in [0.2, 0.25) is 0 Å². The number of hydroxylamine groups is 1. The SMILES string of the molecule is Nc1ccc(S(=O)CCCCCC(=O)NO)cc1. The Morgan fingerprint density at radius 2 is 1.89 bits per heavy atom. The van der Waals surface area contributed by atoms with Gasteiger partial charge in [0.05, 0.1) is 10.8 Å². The van der Waals surface area contributed by atoms with Crippen molar-refractivity contribution in [3.63, 3.8) is 0 Å². The number of amides is 1. The standard InChI is InChI=1S/C12H18N2O3S/c13-10-5-7-11(8-6-10)18(17)9-3-1-2-4-12(15)14-16/h5-8,16H,1-4,9,13H2,(H,14,15). The second-order valence-corrected chi connectivity index (χ2v) is 5.54. The summed E-state index contributed by atoms with van der Waals surface area (Å²) in [6.07, 6.45) is 2.58. The van der Waals surface area contributed by atoms with Gasteiger partial charge in [-0.1, -0.05) is 6.42 Å². The molecule has 18 heavy (non-hydrogen) atoms. The van der Waals surface area contributed by atoms with Crippen molar-refractivity contribution in [3.05, 3.63) is 24.3 Å². The van der Waals surface area contributed by atoms with Gasteiger partial charge in [0.2, 0.25) is 5.91 Å². The second-order valence-electron chi connectivity index (χ2n) is 3.96. The Balaban J connectivity index is 2.21. The van der Waals surface area contributed by atoms with Gasteiger partial charge >= 0.3 is 0 Å². The van der Waals surface area contributed by atoms with Crippen molar-refractivity contribution in [2.24, 2.45) is 0 Å². The van der Waals surface area contributed by atoms with E-state index in [2.05, 4.69) is 0 Å². The lowest BCUT2D eigenvalue weighted by atomic mass is 10.2. The molecule has 6 heteroatoms. The van der Waals surface area contributed by atoms with Gasteiger partial charge in [0.15, 0.2) is 0 Å². The highest BCUT2D eigenvalue weighted by Gasteiger charge is 2.04. The van der Waals surface area contributed by atoms with Crippen molar-refractivity contribution >= 4 is 22.4 Å². The first-order valence-corrected chi connectivity index (χ1v) is 7.12. The van der Waals surface area contributed by atoms with Crippen LogP contribution in [0.4, 0.5) is 5.69 Å². The number of benzene rings is 1. The van der Waals surface area contributed by atoms with Crippen LogP contribution >= 0.6 is 0 Å². The number of hydrogen-bond acceptors (Lipinski definition) is 4. The molecule has 5 nitrogen and oxygen atoms in total. The summed E-state index contributed by atoms with van der Waals surface area (Å²) in [5.41, 5.74) is 7.79. The molecule has 1 aromatic rings. The molecule has 4 N–H and O–H groups in total. The molecule has 0 fully saturated rings. The Hall–Kier alpha value is -1.40. The van der Waals surface area contributed by atoms with Gasteiger partial charge in [-0.2, -0.15) is 0 Å². The fourth-order valence-electron chi connectivity index (χ4n) is 1.49. The van der Waals surface area contributed by atoms with Crippen molar-refractivity contribution in [1.82, 2.24) is 5.48 Å². The van der Waals surface area contributed by atoms with Crippen molar-refractivity contribution in [1.29, 1.82) is 0 Å². The third-order valence-electron chi connectivity index (χ3n) is 2.50. The number of carbonyl (C=O) groups excluding carboxylic acids is 1. The fourth-order valence-corrected chi connectivity index (χ4v) is 2.63. The first kappa shape index (κ1) is 14.7. The van der Waals surface area contributed by atoms with Crippen LogP contribution in [0, 0.1) is 0 Å². The number of hydrogen-bond donors (Lipinski definition) is 3. The third-order valence-corrected chi connectivity index (χ3v) is 3.96. The number of carbonyl (C=O) groups is 1. The summed E-state index contributed by atoms with van der Waals surface area (Å²) < 4.78 is 11.9. The molecule has 0 aromatic heterocycles. The van der Waals surface area contributed by atoms with E-state index in [1.54, 1.807) is 29.7 Å². The largest absolute Gasteiger partial charge is 0.399 e. The maximum absolute atomic E-state index is 11.9. The van der Waals surface area contributed by atoms with Crippen LogP contribution in [0.1, 0.15) is 25.7 Å². The number of nitrogen functional groups attached to an aromatic ring is 1. The number of rotatable bonds is 7. The molecule has 0 bridgehead atoms. The van der Waals surface area contributed by atoms with Crippen molar-refractivity contribution in [2.75, 3.05) is 11.5 Å². The maximum atomic E-state index is 11.9. The predicted molar refractivity (Wildman–Crippen MR) is 70.5 cm³/mol. The van der Waals surface area contributed by atoms with Gasteiger partial charge in [-0.05, 0) is 37.1 Å². The molecule has 0 aliphatic rings. The first-order valence-electron chi connectivity index (χ1n) is 5.80. The predicted octanol–water partition coefficient (Wildman–Crippen LogP) is 1.44. The van der Waals surface area contributed by atoms with Crippen LogP contribution in [0.15, 0.2) is 29.2 Å². The summed E-state index contributed by atoms with van der Waals surface area (Å²) in [6, 6.07) is 7.01. The molecule has 0 radical (unpaired) electrons. The van der Waals surface area contributed by atoms with Crippen LogP contribution in [0.3, 0.4) is 0 Å². The van der Waals surface area contributed by atoms with Gasteiger partial charge in [0.25, 0.3) is 0 Å². The van der Waals surface area contributed by atoms with Crippen molar-refractivity contribution in [2.45, 2.75) is 30.6 Å². The molecule has 0 aliphatic heterocycles. The fraction of sp³-hybridized carbons (Fsp3) is 0.417. The Kier molecular flexibility index (Phi) is 6.38. The van der Waals surface area contributed by atoms with Gasteiger partial charge < -0.3 is 5.73 Å². The zero-order valence-electron chi connectivity index (χ0n) is 10.1. The highest BCUT2D eigenvalue weighted by molar-refractivity contribution is 7.85. The van der Waals surface area contributed by atoms with E-state index < -0.39 is 10.8 Å². The average Bonchev–Trinajstić information content (AvgIpc) is 2.38. The number of nitrogens with two attached hydrogens (primary N) is 1. The lowest BCUT2D eigenvalue weighted by Gasteiger charge is -2.03. The van der Waals surface area contributed by atoms with Crippen LogP contribution < -0.4 is 11.2 Å². The summed E-state index contributed by atoms with van der Waals surface area (Å²) in [4.78, 5) is 11.5. The molecule has 1 aromatic carbocycles. The molecule has 100 valence electrons. The van der Waals surface area contributed by atoms with E-state index in [1.165, 1.54) is 0 Å². The molecule has 1 atom stereocenters. The lowest BCUT2D eigenvalue weighted by Crippen LogP contribution is -2.17. The Labute approximate surface area is 109 Å². The van der Waals surface area contributed by atoms with Gasteiger partial charge in [-0.25, -0.2) is 5.48 Å². The van der Waals surface area contributed by atoms with Crippen LogP contribution in [0.5, 0.6) is 0 Å². The topological polar surface area (TPSA) is 92.4 Å². The minimum absolute atomic E-state index is 0.297. The molecular formula is C12H18N2O3S. The number of nitrogens with one attached hydrogen (secondary N) is 1. The zero-order chi connectivity index (χ0) is 13.4. The van der Waals surface area contributed by atoms with E-state index in [-0.39, 0.29) is 5.91 Å². The van der Waals surface area contributed by atoms with E-state index >= 15 is 0 Å². The summed E-state index contributed by atoms with van der Waals surface area (Å²) in [5, 5.41) is 8.29. The van der Waals surface area contributed by atoms with Gasteiger partial charge in [-0.3, -0.25) is 14.2 Å². The van der Waals surface area contributed by atoms with Crippen LogP contribution in [0.25, 0.3) is 0 Å². The average molecular weight is 270 g/mol. The van der Waals surface area contributed by atoms with Gasteiger partial charge in [-0.15, -0.1) is 0 Å². The molecule has 0 spiro atoms. The van der Waals surface area contributed by atoms with Crippen molar-refractivity contribution < 1.29 is 14.2 Å². The quantitative estimate of drug-likeness (QED) is 0.302. The van der Waals surface area contributed by atoms with Crippen LogP contribution in [-0.4, -0.2) is 21.1 Å². The zero-order valence-corrected chi connectivity index (χ0v) is 10.9. The summed E-state index contributed by atoms with van der Waals surface area (Å²) in [5.74, 6) is 0.194. The Morgan fingerprint density at radius 1 is 1.22 bits per heavy atom. The minimum atomic E-state index is -1.01. The molecule has 0 heterocycles. The molecular weight excluding hydrogens is 252 g/mol. The highest BCUT2D eigenvalue weighted by atomic mass is 32.2. The summed E-state index contributed by atoms with van der Waals surface area (Å²) in [6.45, 7) is 0. The molecule has 0 saturated heterocycles. The number of unbranched alkanes of at least 4 members (excludes halogenated alkanes) is 2. The van der Waals surface area contributed by atoms with E-state index in [9.17, 15) is 9.00 Å². The number of anilines is 1. The molecule has 1 rings (SSSR count). The van der Waals surface area contributed by atoms with Gasteiger partial charge in [0.1, 0.15) is 0 Å². The summed E-state index contributed by atoms with van der Waals surface area (Å²) in [7, 11) is -1.01. The second kappa shape index (κ2) is 7.84. The first-order chi connectivity index (χ1) is 8.63. The molecule has 1 unspecified atom stereocenters. The third kappa shape index (κ3) is 5.29. The van der Waals surface area contributed by atoms with E-state index in [1.807, 2.05) is 0 Å². The summed E-state index contributed by atoms with van der Waals surface area (Å²) >= 11 is 0. The minimum Gasteiger partial charge on any atom is -0.399 e. The normalized spacial score (nSPS) is 12.1. The highest BCUT2D eigenvalue weighted by Crippen LogP contribution is 2.12. The lowest BCUT2D eigenvalue weighted by molar-refractivity contribution is -0.129. The van der Waals surface area contributed by atoms with Crippen molar-refractivity contribution in [3.8, 4) is 0 Å². The molecule has 1 amide bonds. The van der Waals surface area contributed by atoms with E-state index in [4.69, 9.17) is 10.9 Å². The Morgan fingerprint density at radius 3 is 2.50 bits per heavy atom. The molecule has 0 aliphatic carbocycles. The van der Waals surface area contributed by atoms with Crippen LogP contribution in [-0.2, 0) is 15.6 Å². The van der Waals surface area contributed by atoms with E-state index in [0.717, 1.165) is 17.7 Å². The molecule has 0 saturated carbocycles. The Bertz CT molecular complexity index is 406.